The average molecular weight is 300 g/mol. The highest BCUT2D eigenvalue weighted by Gasteiger charge is 2.09. The molecule has 1 heterocycles. The number of benzene rings is 1. The number of rotatable bonds is 1. The minimum Gasteiger partial charge on any atom is -0.444 e. The molecule has 1 aromatic heterocycles. The van der Waals surface area contributed by atoms with Crippen molar-refractivity contribution in [3.63, 3.8) is 0 Å². The molecule has 0 atom stereocenters. The molecule has 0 bridgehead atoms. The first-order chi connectivity index (χ1) is 6.68. The predicted octanol–water partition coefficient (Wildman–Crippen LogP) is 2.84. The van der Waals surface area contributed by atoms with E-state index in [2.05, 4.69) is 27.6 Å². The van der Waals surface area contributed by atoms with Crippen molar-refractivity contribution in [2.75, 3.05) is 5.73 Å². The van der Waals surface area contributed by atoms with Crippen LogP contribution in [-0.4, -0.2) is 4.98 Å². The fraction of sp³-hybridized carbons (Fsp3) is 0.100. The summed E-state index contributed by atoms with van der Waals surface area (Å²) in [4.78, 5) is 4.08. The maximum atomic E-state index is 5.94. The van der Waals surface area contributed by atoms with Crippen molar-refractivity contribution in [2.45, 2.75) is 6.92 Å². The van der Waals surface area contributed by atoms with Crippen molar-refractivity contribution in [1.29, 1.82) is 0 Å². The van der Waals surface area contributed by atoms with Gasteiger partial charge in [0.15, 0.2) is 0 Å². The van der Waals surface area contributed by atoms with Gasteiger partial charge in [0.05, 0.1) is 11.8 Å². The predicted molar refractivity (Wildman–Crippen MR) is 63.8 cm³/mol. The normalized spacial score (nSPS) is 10.4. The number of oxazole rings is 1. The molecular formula is C10H9IN2O. The molecule has 0 radical (unpaired) electrons. The highest BCUT2D eigenvalue weighted by molar-refractivity contribution is 14.1. The number of nitrogen functional groups attached to an aromatic ring is 1. The topological polar surface area (TPSA) is 52.0 Å². The van der Waals surface area contributed by atoms with E-state index in [9.17, 15) is 0 Å². The van der Waals surface area contributed by atoms with Crippen LogP contribution in [0.4, 0.5) is 5.69 Å². The standard InChI is InChI=1S/C10H9IN2O/c1-6-4-7(11)5-8(9(6)12)10-13-2-3-14-10/h2-5H,12H2,1H3. The molecule has 2 aromatic rings. The van der Waals surface area contributed by atoms with Gasteiger partial charge in [0.25, 0.3) is 0 Å². The highest BCUT2D eigenvalue weighted by Crippen LogP contribution is 2.29. The number of hydrogen-bond acceptors (Lipinski definition) is 3. The first-order valence-corrected chi connectivity index (χ1v) is 5.22. The molecule has 0 spiro atoms. The summed E-state index contributed by atoms with van der Waals surface area (Å²) in [5.41, 5.74) is 8.58. The molecule has 0 aliphatic heterocycles. The second kappa shape index (κ2) is 3.61. The van der Waals surface area contributed by atoms with Gasteiger partial charge in [-0.2, -0.15) is 0 Å². The maximum absolute atomic E-state index is 5.94. The molecule has 0 amide bonds. The molecule has 1 aromatic carbocycles. The lowest BCUT2D eigenvalue weighted by Gasteiger charge is -2.05. The molecular weight excluding hydrogens is 291 g/mol. The zero-order chi connectivity index (χ0) is 10.1. The van der Waals surface area contributed by atoms with Crippen LogP contribution in [0, 0.1) is 10.5 Å². The summed E-state index contributed by atoms with van der Waals surface area (Å²) in [6, 6.07) is 4.00. The summed E-state index contributed by atoms with van der Waals surface area (Å²) in [6.45, 7) is 1.98. The Balaban J connectivity index is 2.64. The lowest BCUT2D eigenvalue weighted by Crippen LogP contribution is -1.94. The van der Waals surface area contributed by atoms with Gasteiger partial charge >= 0.3 is 0 Å². The van der Waals surface area contributed by atoms with E-state index >= 15 is 0 Å². The van der Waals surface area contributed by atoms with Gasteiger partial charge in [0.1, 0.15) is 6.26 Å². The van der Waals surface area contributed by atoms with Crippen molar-refractivity contribution in [3.05, 3.63) is 33.7 Å². The van der Waals surface area contributed by atoms with E-state index in [0.717, 1.165) is 20.4 Å². The third kappa shape index (κ3) is 1.61. The number of hydrogen-bond donors (Lipinski definition) is 1. The van der Waals surface area contributed by atoms with Crippen LogP contribution in [0.3, 0.4) is 0 Å². The fourth-order valence-corrected chi connectivity index (χ4v) is 2.07. The SMILES string of the molecule is Cc1cc(I)cc(-c2ncco2)c1N. The molecule has 14 heavy (non-hydrogen) atoms. The van der Waals surface area contributed by atoms with Crippen molar-refractivity contribution in [2.24, 2.45) is 0 Å². The van der Waals surface area contributed by atoms with Gasteiger partial charge in [-0.1, -0.05) is 0 Å². The minimum absolute atomic E-state index is 0.573. The monoisotopic (exact) mass is 300 g/mol. The number of nitrogens with two attached hydrogens (primary N) is 1. The molecule has 0 saturated carbocycles. The Labute approximate surface area is 95.5 Å². The molecule has 3 nitrogen and oxygen atoms in total. The zero-order valence-electron chi connectivity index (χ0n) is 7.62. The van der Waals surface area contributed by atoms with Gasteiger partial charge in [-0.3, -0.25) is 0 Å². The van der Waals surface area contributed by atoms with Crippen LogP contribution in [0.15, 0.2) is 29.0 Å². The van der Waals surface area contributed by atoms with Crippen LogP contribution >= 0.6 is 22.6 Å². The summed E-state index contributed by atoms with van der Waals surface area (Å²) >= 11 is 2.25. The summed E-state index contributed by atoms with van der Waals surface area (Å²) in [5, 5.41) is 0. The molecule has 0 aliphatic carbocycles. The maximum Gasteiger partial charge on any atom is 0.227 e. The Hall–Kier alpha value is -1.04. The molecule has 0 unspecified atom stereocenters. The summed E-state index contributed by atoms with van der Waals surface area (Å²) in [7, 11) is 0. The number of aromatic nitrogens is 1. The minimum atomic E-state index is 0.573. The van der Waals surface area contributed by atoms with Gasteiger partial charge < -0.3 is 10.2 Å². The lowest BCUT2D eigenvalue weighted by molar-refractivity contribution is 0.575. The third-order valence-corrected chi connectivity index (χ3v) is 2.64. The Morgan fingerprint density at radius 2 is 2.21 bits per heavy atom. The summed E-state index contributed by atoms with van der Waals surface area (Å²) < 4.78 is 6.34. The Morgan fingerprint density at radius 1 is 1.43 bits per heavy atom. The van der Waals surface area contributed by atoms with Gasteiger partial charge in [0.2, 0.25) is 5.89 Å². The molecule has 4 heteroatoms. The van der Waals surface area contributed by atoms with E-state index in [4.69, 9.17) is 10.2 Å². The molecule has 0 fully saturated rings. The van der Waals surface area contributed by atoms with Crippen molar-refractivity contribution in [1.82, 2.24) is 4.98 Å². The Morgan fingerprint density at radius 3 is 2.86 bits per heavy atom. The van der Waals surface area contributed by atoms with Crippen molar-refractivity contribution >= 4 is 28.3 Å². The summed E-state index contributed by atoms with van der Waals surface area (Å²) in [6.07, 6.45) is 3.16. The number of halogens is 1. The van der Waals surface area contributed by atoms with Crippen LogP contribution in [0.5, 0.6) is 0 Å². The summed E-state index contributed by atoms with van der Waals surface area (Å²) in [5.74, 6) is 0.573. The Bertz CT molecular complexity index is 451. The van der Waals surface area contributed by atoms with Crippen LogP contribution < -0.4 is 5.73 Å². The van der Waals surface area contributed by atoms with Crippen molar-refractivity contribution in [3.8, 4) is 11.5 Å². The number of anilines is 1. The van der Waals surface area contributed by atoms with Crippen LogP contribution in [0.25, 0.3) is 11.5 Å². The van der Waals surface area contributed by atoms with Gasteiger partial charge in [-0.15, -0.1) is 0 Å². The second-order valence-corrected chi connectivity index (χ2v) is 4.27. The zero-order valence-corrected chi connectivity index (χ0v) is 9.78. The number of aryl methyl sites for hydroxylation is 1. The lowest BCUT2D eigenvalue weighted by atomic mass is 10.1. The van der Waals surface area contributed by atoms with Crippen LogP contribution in [-0.2, 0) is 0 Å². The van der Waals surface area contributed by atoms with Gasteiger partial charge in [0, 0.05) is 9.26 Å². The average Bonchev–Trinajstić information content (AvgIpc) is 2.63. The first kappa shape index (κ1) is 9.51. The van der Waals surface area contributed by atoms with E-state index in [1.54, 1.807) is 12.5 Å². The molecule has 0 saturated heterocycles. The van der Waals surface area contributed by atoms with Crippen LogP contribution in [0.1, 0.15) is 5.56 Å². The number of nitrogens with zero attached hydrogens (tertiary/aromatic N) is 1. The smallest absolute Gasteiger partial charge is 0.227 e. The third-order valence-electron chi connectivity index (χ3n) is 2.01. The molecule has 2 N–H and O–H groups in total. The van der Waals surface area contributed by atoms with Gasteiger partial charge in [-0.05, 0) is 47.2 Å². The first-order valence-electron chi connectivity index (χ1n) is 4.14. The van der Waals surface area contributed by atoms with E-state index in [1.807, 2.05) is 19.1 Å². The fourth-order valence-electron chi connectivity index (χ4n) is 1.29. The molecule has 0 aliphatic rings. The van der Waals surface area contributed by atoms with Crippen molar-refractivity contribution < 1.29 is 4.42 Å². The van der Waals surface area contributed by atoms with E-state index < -0.39 is 0 Å². The quantitative estimate of drug-likeness (QED) is 0.651. The van der Waals surface area contributed by atoms with E-state index in [1.165, 1.54) is 0 Å². The van der Waals surface area contributed by atoms with Crippen LogP contribution in [0.2, 0.25) is 0 Å². The Kier molecular flexibility index (Phi) is 2.45. The van der Waals surface area contributed by atoms with E-state index in [-0.39, 0.29) is 0 Å². The van der Waals surface area contributed by atoms with Gasteiger partial charge in [-0.25, -0.2) is 4.98 Å². The molecule has 2 rings (SSSR count). The highest BCUT2D eigenvalue weighted by atomic mass is 127. The second-order valence-electron chi connectivity index (χ2n) is 3.02. The van der Waals surface area contributed by atoms with E-state index in [0.29, 0.717) is 5.89 Å². The molecule has 72 valence electrons. The largest absolute Gasteiger partial charge is 0.444 e.